The number of nitrogens with one attached hydrogen (secondary N) is 1. The molecule has 3 rings (SSSR count). The topological polar surface area (TPSA) is 58.6 Å². The van der Waals surface area contributed by atoms with Crippen LogP contribution in [0, 0.1) is 0 Å². The van der Waals surface area contributed by atoms with Gasteiger partial charge in [-0.25, -0.2) is 0 Å². The van der Waals surface area contributed by atoms with Gasteiger partial charge in [-0.05, 0) is 47.9 Å². The monoisotopic (exact) mass is 512 g/mol. The van der Waals surface area contributed by atoms with Gasteiger partial charge in [0.1, 0.15) is 11.8 Å². The van der Waals surface area contributed by atoms with Crippen LogP contribution in [-0.4, -0.2) is 35.9 Å². The third-order valence-corrected chi connectivity index (χ3v) is 6.01. The summed E-state index contributed by atoms with van der Waals surface area (Å²) in [6, 6.07) is 23.1. The van der Waals surface area contributed by atoms with E-state index in [9.17, 15) is 9.59 Å². The smallest absolute Gasteiger partial charge is 0.261 e. The van der Waals surface area contributed by atoms with Gasteiger partial charge in [0.2, 0.25) is 5.91 Å². The van der Waals surface area contributed by atoms with Gasteiger partial charge in [-0.3, -0.25) is 9.59 Å². The molecule has 0 aliphatic heterocycles. The zero-order chi connectivity index (χ0) is 25.0. The molecule has 1 atom stereocenters. The molecule has 0 bridgehead atoms. The summed E-state index contributed by atoms with van der Waals surface area (Å²) in [6.07, 6.45) is 2.21. The van der Waals surface area contributed by atoms with E-state index in [4.69, 9.17) is 27.9 Å². The predicted octanol–water partition coefficient (Wildman–Crippen LogP) is 5.93. The number of rotatable bonds is 12. The second-order valence-corrected chi connectivity index (χ2v) is 9.12. The van der Waals surface area contributed by atoms with Crippen molar-refractivity contribution in [3.63, 3.8) is 0 Å². The Hall–Kier alpha value is -3.02. The third-order valence-electron chi connectivity index (χ3n) is 5.53. The summed E-state index contributed by atoms with van der Waals surface area (Å²) in [5, 5.41) is 4.13. The maximum Gasteiger partial charge on any atom is 0.261 e. The summed E-state index contributed by atoms with van der Waals surface area (Å²) in [6.45, 7) is 2.65. The fraction of sp³-hybridized carbons (Fsp3) is 0.286. The van der Waals surface area contributed by atoms with Crippen molar-refractivity contribution in [3.8, 4) is 5.75 Å². The normalized spacial score (nSPS) is 11.5. The largest absolute Gasteiger partial charge is 0.484 e. The van der Waals surface area contributed by atoms with Crippen LogP contribution in [0.5, 0.6) is 5.75 Å². The highest BCUT2D eigenvalue weighted by Crippen LogP contribution is 2.19. The van der Waals surface area contributed by atoms with Gasteiger partial charge in [-0.1, -0.05) is 85.1 Å². The zero-order valence-electron chi connectivity index (χ0n) is 19.8. The van der Waals surface area contributed by atoms with Gasteiger partial charge in [0.25, 0.3) is 5.91 Å². The Morgan fingerprint density at radius 1 is 0.914 bits per heavy atom. The Balaban J connectivity index is 1.87. The summed E-state index contributed by atoms with van der Waals surface area (Å²) in [7, 11) is 0. The van der Waals surface area contributed by atoms with Gasteiger partial charge in [0, 0.05) is 29.6 Å². The molecule has 1 N–H and O–H groups in total. The minimum Gasteiger partial charge on any atom is -0.484 e. The SMILES string of the molecule is CCCCNC(=O)[C@H](Cc1ccccc1)N(Cc1ccc(Cl)cc1)C(=O)COc1cccc(Cl)c1. The van der Waals surface area contributed by atoms with Crippen LogP contribution in [0.1, 0.15) is 30.9 Å². The van der Waals surface area contributed by atoms with Gasteiger partial charge in [0.15, 0.2) is 6.61 Å². The van der Waals surface area contributed by atoms with Crippen molar-refractivity contribution in [2.24, 2.45) is 0 Å². The molecule has 35 heavy (non-hydrogen) atoms. The highest BCUT2D eigenvalue weighted by molar-refractivity contribution is 6.30. The number of unbranched alkanes of at least 4 members (excludes halogenated alkanes) is 1. The summed E-state index contributed by atoms with van der Waals surface area (Å²) in [5.74, 6) is 0.00294. The van der Waals surface area contributed by atoms with Crippen molar-refractivity contribution in [2.45, 2.75) is 38.8 Å². The molecule has 0 aromatic heterocycles. The van der Waals surface area contributed by atoms with Crippen LogP contribution in [0.25, 0.3) is 0 Å². The lowest BCUT2D eigenvalue weighted by Crippen LogP contribution is -2.51. The molecule has 0 spiro atoms. The fourth-order valence-electron chi connectivity index (χ4n) is 3.63. The van der Waals surface area contributed by atoms with Crippen molar-refractivity contribution in [1.82, 2.24) is 10.2 Å². The second-order valence-electron chi connectivity index (χ2n) is 8.24. The molecule has 0 aliphatic carbocycles. The first-order valence-corrected chi connectivity index (χ1v) is 12.5. The lowest BCUT2D eigenvalue weighted by atomic mass is 10.0. The van der Waals surface area contributed by atoms with Crippen molar-refractivity contribution in [1.29, 1.82) is 0 Å². The van der Waals surface area contributed by atoms with E-state index >= 15 is 0 Å². The standard InChI is InChI=1S/C28H30Cl2N2O3/c1-2-3-16-31-28(34)26(17-21-8-5-4-6-9-21)32(19-22-12-14-23(29)15-13-22)27(33)20-35-25-11-7-10-24(30)18-25/h4-15,18,26H,2-3,16-17,19-20H2,1H3,(H,31,34)/t26-/m0/s1. The van der Waals surface area contributed by atoms with Gasteiger partial charge in [-0.15, -0.1) is 0 Å². The van der Waals surface area contributed by atoms with Crippen molar-refractivity contribution in [2.75, 3.05) is 13.2 Å². The molecule has 5 nitrogen and oxygen atoms in total. The van der Waals surface area contributed by atoms with Crippen LogP contribution < -0.4 is 10.1 Å². The van der Waals surface area contributed by atoms with E-state index in [1.165, 1.54) is 0 Å². The Bertz CT molecular complexity index is 1090. The molecular formula is C28H30Cl2N2O3. The number of carbonyl (C=O) groups excluding carboxylic acids is 2. The molecule has 0 fully saturated rings. The Labute approximate surface area is 217 Å². The molecule has 0 heterocycles. The number of hydrogen-bond acceptors (Lipinski definition) is 3. The number of amides is 2. The highest BCUT2D eigenvalue weighted by atomic mass is 35.5. The molecule has 0 radical (unpaired) electrons. The van der Waals surface area contributed by atoms with Crippen LogP contribution in [0.3, 0.4) is 0 Å². The van der Waals surface area contributed by atoms with Crippen LogP contribution in [0.2, 0.25) is 10.0 Å². The van der Waals surface area contributed by atoms with Crippen LogP contribution in [0.4, 0.5) is 0 Å². The molecule has 0 saturated carbocycles. The van der Waals surface area contributed by atoms with Gasteiger partial charge in [-0.2, -0.15) is 0 Å². The average Bonchev–Trinajstić information content (AvgIpc) is 2.86. The summed E-state index contributed by atoms with van der Waals surface area (Å²) in [5.41, 5.74) is 1.83. The number of hydrogen-bond donors (Lipinski definition) is 1. The van der Waals surface area contributed by atoms with E-state index in [0.29, 0.717) is 28.8 Å². The highest BCUT2D eigenvalue weighted by Gasteiger charge is 2.30. The average molecular weight is 513 g/mol. The second kappa shape index (κ2) is 13.8. The number of carbonyl (C=O) groups is 2. The maximum atomic E-state index is 13.5. The Morgan fingerprint density at radius 3 is 2.34 bits per heavy atom. The lowest BCUT2D eigenvalue weighted by Gasteiger charge is -2.31. The predicted molar refractivity (Wildman–Crippen MR) is 141 cm³/mol. The quantitative estimate of drug-likeness (QED) is 0.306. The van der Waals surface area contributed by atoms with Crippen molar-refractivity contribution >= 4 is 35.0 Å². The van der Waals surface area contributed by atoms with E-state index in [-0.39, 0.29) is 25.0 Å². The van der Waals surface area contributed by atoms with E-state index < -0.39 is 6.04 Å². The summed E-state index contributed by atoms with van der Waals surface area (Å²) >= 11 is 12.1. The van der Waals surface area contributed by atoms with Gasteiger partial charge < -0.3 is 15.0 Å². The van der Waals surface area contributed by atoms with Crippen molar-refractivity contribution in [3.05, 3.63) is 100 Å². The first-order chi connectivity index (χ1) is 17.0. The number of benzene rings is 3. The van der Waals surface area contributed by atoms with Crippen LogP contribution in [-0.2, 0) is 22.6 Å². The zero-order valence-corrected chi connectivity index (χ0v) is 21.3. The Morgan fingerprint density at radius 2 is 1.66 bits per heavy atom. The number of nitrogens with zero attached hydrogens (tertiary/aromatic N) is 1. The molecule has 0 aliphatic rings. The third kappa shape index (κ3) is 8.61. The van der Waals surface area contributed by atoms with E-state index in [1.54, 1.807) is 41.3 Å². The number of halogens is 2. The minimum absolute atomic E-state index is 0.188. The number of ether oxygens (including phenoxy) is 1. The Kier molecular flexibility index (Phi) is 10.5. The van der Waals surface area contributed by atoms with Gasteiger partial charge >= 0.3 is 0 Å². The molecule has 2 amide bonds. The molecule has 3 aromatic carbocycles. The van der Waals surface area contributed by atoms with Gasteiger partial charge in [0.05, 0.1) is 0 Å². The summed E-state index contributed by atoms with van der Waals surface area (Å²) in [4.78, 5) is 28.4. The maximum absolute atomic E-state index is 13.5. The van der Waals surface area contributed by atoms with E-state index in [1.807, 2.05) is 42.5 Å². The van der Waals surface area contributed by atoms with E-state index in [0.717, 1.165) is 24.0 Å². The molecule has 184 valence electrons. The minimum atomic E-state index is -0.708. The molecule has 3 aromatic rings. The molecule has 7 heteroatoms. The van der Waals surface area contributed by atoms with Crippen LogP contribution >= 0.6 is 23.2 Å². The van der Waals surface area contributed by atoms with Crippen molar-refractivity contribution < 1.29 is 14.3 Å². The molecule has 0 unspecified atom stereocenters. The lowest BCUT2D eigenvalue weighted by molar-refractivity contribution is -0.142. The molecule has 0 saturated heterocycles. The first kappa shape index (κ1) is 26.6. The summed E-state index contributed by atoms with van der Waals surface area (Å²) < 4.78 is 5.74. The van der Waals surface area contributed by atoms with Crippen LogP contribution in [0.15, 0.2) is 78.9 Å². The fourth-order valence-corrected chi connectivity index (χ4v) is 3.94. The first-order valence-electron chi connectivity index (χ1n) is 11.7. The van der Waals surface area contributed by atoms with E-state index in [2.05, 4.69) is 12.2 Å². The molecular weight excluding hydrogens is 483 g/mol.